The molecule has 0 aliphatic rings. The summed E-state index contributed by atoms with van der Waals surface area (Å²) >= 11 is 0. The van der Waals surface area contributed by atoms with E-state index in [1.807, 2.05) is 30.3 Å². The highest BCUT2D eigenvalue weighted by Crippen LogP contribution is 2.28. The molecule has 19 heavy (non-hydrogen) atoms. The third-order valence-corrected chi connectivity index (χ3v) is 2.43. The molecule has 96 valence electrons. The van der Waals surface area contributed by atoms with Crippen molar-refractivity contribution in [3.05, 3.63) is 54.6 Å². The van der Waals surface area contributed by atoms with Gasteiger partial charge in [-0.05, 0) is 24.3 Å². The van der Waals surface area contributed by atoms with E-state index >= 15 is 0 Å². The summed E-state index contributed by atoms with van der Waals surface area (Å²) in [5, 5.41) is 2.52. The third-order valence-electron chi connectivity index (χ3n) is 2.43. The molecule has 0 aliphatic heterocycles. The number of amides is 1. The zero-order valence-electron chi connectivity index (χ0n) is 10.4. The van der Waals surface area contributed by atoms with E-state index < -0.39 is 11.7 Å². The van der Waals surface area contributed by atoms with Crippen LogP contribution in [0.3, 0.4) is 0 Å². The fourth-order valence-corrected chi connectivity index (χ4v) is 1.48. The molecule has 0 radical (unpaired) electrons. The van der Waals surface area contributed by atoms with Crippen LogP contribution in [0.25, 0.3) is 0 Å². The summed E-state index contributed by atoms with van der Waals surface area (Å²) < 4.78 is 5.66. The number of rotatable bonds is 4. The molecule has 2 aromatic carbocycles. The summed E-state index contributed by atoms with van der Waals surface area (Å²) in [4.78, 5) is 22.4. The number of nitrogens with one attached hydrogen (secondary N) is 1. The van der Waals surface area contributed by atoms with Gasteiger partial charge in [0.1, 0.15) is 5.75 Å². The minimum Gasteiger partial charge on any atom is -0.455 e. The molecule has 0 fully saturated rings. The largest absolute Gasteiger partial charge is 0.455 e. The van der Waals surface area contributed by atoms with E-state index in [1.54, 1.807) is 24.3 Å². The Bertz CT molecular complexity index is 593. The van der Waals surface area contributed by atoms with Crippen LogP contribution in [0.15, 0.2) is 54.6 Å². The number of anilines is 1. The highest BCUT2D eigenvalue weighted by molar-refractivity contribution is 6.39. The molecule has 1 amide bonds. The Labute approximate surface area is 111 Å². The molecule has 0 atom stereocenters. The first kappa shape index (κ1) is 12.8. The van der Waals surface area contributed by atoms with Crippen LogP contribution >= 0.6 is 0 Å². The molecule has 0 aromatic heterocycles. The van der Waals surface area contributed by atoms with Crippen LogP contribution in [-0.2, 0) is 9.59 Å². The monoisotopic (exact) mass is 255 g/mol. The standard InChI is InChI=1S/C15H13NO3/c1-11(17)15(18)16-13-9-5-6-10-14(13)19-12-7-3-2-4-8-12/h2-10H,1H3,(H,16,18). The van der Waals surface area contributed by atoms with Gasteiger partial charge >= 0.3 is 0 Å². The lowest BCUT2D eigenvalue weighted by Gasteiger charge is -2.11. The van der Waals surface area contributed by atoms with Crippen molar-refractivity contribution in [1.29, 1.82) is 0 Å². The molecule has 1 N–H and O–H groups in total. The zero-order chi connectivity index (χ0) is 13.7. The fourth-order valence-electron chi connectivity index (χ4n) is 1.48. The number of Topliss-reactive ketones (excluding diaryl/α,β-unsaturated/α-hetero) is 1. The Hall–Kier alpha value is -2.62. The lowest BCUT2D eigenvalue weighted by molar-refractivity contribution is -0.133. The lowest BCUT2D eigenvalue weighted by Crippen LogP contribution is -2.19. The van der Waals surface area contributed by atoms with Crippen LogP contribution < -0.4 is 10.1 Å². The van der Waals surface area contributed by atoms with Gasteiger partial charge in [0.25, 0.3) is 5.91 Å². The van der Waals surface area contributed by atoms with Gasteiger partial charge in [-0.15, -0.1) is 0 Å². The minimum atomic E-state index is -0.663. The Morgan fingerprint density at radius 3 is 2.26 bits per heavy atom. The summed E-state index contributed by atoms with van der Waals surface area (Å²) in [6, 6.07) is 16.2. The number of carbonyl (C=O) groups is 2. The Morgan fingerprint density at radius 1 is 0.947 bits per heavy atom. The smallest absolute Gasteiger partial charge is 0.291 e. The van der Waals surface area contributed by atoms with Crippen molar-refractivity contribution in [3.8, 4) is 11.5 Å². The van der Waals surface area contributed by atoms with E-state index in [9.17, 15) is 9.59 Å². The first-order valence-corrected chi connectivity index (χ1v) is 5.80. The molecule has 0 saturated heterocycles. The normalized spacial score (nSPS) is 9.74. The van der Waals surface area contributed by atoms with Crippen molar-refractivity contribution in [3.63, 3.8) is 0 Å². The van der Waals surface area contributed by atoms with Crippen molar-refractivity contribution in [2.75, 3.05) is 5.32 Å². The zero-order valence-corrected chi connectivity index (χ0v) is 10.4. The van der Waals surface area contributed by atoms with Crippen LogP contribution in [0.2, 0.25) is 0 Å². The van der Waals surface area contributed by atoms with E-state index in [-0.39, 0.29) is 0 Å². The van der Waals surface area contributed by atoms with Crippen LogP contribution in [-0.4, -0.2) is 11.7 Å². The molecule has 4 heteroatoms. The predicted molar refractivity (Wildman–Crippen MR) is 72.3 cm³/mol. The van der Waals surface area contributed by atoms with E-state index in [2.05, 4.69) is 5.32 Å². The Kier molecular flexibility index (Phi) is 3.93. The molecular weight excluding hydrogens is 242 g/mol. The fraction of sp³-hybridized carbons (Fsp3) is 0.0667. The van der Waals surface area contributed by atoms with Crippen molar-refractivity contribution in [1.82, 2.24) is 0 Å². The number of ether oxygens (including phenoxy) is 1. The average molecular weight is 255 g/mol. The van der Waals surface area contributed by atoms with Gasteiger partial charge < -0.3 is 10.1 Å². The topological polar surface area (TPSA) is 55.4 Å². The van der Waals surface area contributed by atoms with Gasteiger partial charge in [0.15, 0.2) is 5.75 Å². The second-order valence-corrected chi connectivity index (χ2v) is 3.92. The van der Waals surface area contributed by atoms with Crippen molar-refractivity contribution < 1.29 is 14.3 Å². The SMILES string of the molecule is CC(=O)C(=O)Nc1ccccc1Oc1ccccc1. The van der Waals surface area contributed by atoms with Crippen LogP contribution in [0, 0.1) is 0 Å². The Morgan fingerprint density at radius 2 is 1.58 bits per heavy atom. The van der Waals surface area contributed by atoms with Gasteiger partial charge in [0, 0.05) is 6.92 Å². The van der Waals surface area contributed by atoms with Gasteiger partial charge in [0.05, 0.1) is 5.69 Å². The van der Waals surface area contributed by atoms with Crippen LogP contribution in [0.4, 0.5) is 5.69 Å². The molecule has 0 heterocycles. The minimum absolute atomic E-state index is 0.464. The summed E-state index contributed by atoms with van der Waals surface area (Å²) in [5.74, 6) is -0.0612. The maximum atomic E-state index is 11.4. The van der Waals surface area contributed by atoms with Gasteiger partial charge in [-0.3, -0.25) is 9.59 Å². The maximum Gasteiger partial charge on any atom is 0.291 e. The third kappa shape index (κ3) is 3.42. The quantitative estimate of drug-likeness (QED) is 0.854. The molecule has 4 nitrogen and oxygen atoms in total. The number of para-hydroxylation sites is 3. The summed E-state index contributed by atoms with van der Waals surface area (Å²) in [5.41, 5.74) is 0.464. The Balaban J connectivity index is 2.21. The number of hydrogen-bond acceptors (Lipinski definition) is 3. The number of ketones is 1. The van der Waals surface area contributed by atoms with Crippen molar-refractivity contribution in [2.45, 2.75) is 6.92 Å². The van der Waals surface area contributed by atoms with Gasteiger partial charge in [-0.1, -0.05) is 30.3 Å². The number of hydrogen-bond donors (Lipinski definition) is 1. The first-order valence-electron chi connectivity index (χ1n) is 5.80. The van der Waals surface area contributed by atoms with E-state index in [0.717, 1.165) is 0 Å². The summed E-state index contributed by atoms with van der Waals surface area (Å²) in [7, 11) is 0. The summed E-state index contributed by atoms with van der Waals surface area (Å²) in [6.07, 6.45) is 0. The van der Waals surface area contributed by atoms with E-state index in [1.165, 1.54) is 6.92 Å². The predicted octanol–water partition coefficient (Wildman–Crippen LogP) is 3.01. The van der Waals surface area contributed by atoms with E-state index in [0.29, 0.717) is 17.2 Å². The van der Waals surface area contributed by atoms with E-state index in [4.69, 9.17) is 4.74 Å². The molecule has 0 bridgehead atoms. The molecule has 2 rings (SSSR count). The molecule has 0 unspecified atom stereocenters. The van der Waals surface area contributed by atoms with Gasteiger partial charge in [-0.25, -0.2) is 0 Å². The number of benzene rings is 2. The summed E-state index contributed by atoms with van der Waals surface area (Å²) in [6.45, 7) is 1.22. The second-order valence-electron chi connectivity index (χ2n) is 3.92. The van der Waals surface area contributed by atoms with Crippen LogP contribution in [0.1, 0.15) is 6.92 Å². The van der Waals surface area contributed by atoms with Crippen molar-refractivity contribution >= 4 is 17.4 Å². The molecule has 0 aliphatic carbocycles. The van der Waals surface area contributed by atoms with Gasteiger partial charge in [0.2, 0.25) is 5.78 Å². The maximum absolute atomic E-state index is 11.4. The van der Waals surface area contributed by atoms with Crippen LogP contribution in [0.5, 0.6) is 11.5 Å². The van der Waals surface area contributed by atoms with Crippen molar-refractivity contribution in [2.24, 2.45) is 0 Å². The molecular formula is C15H13NO3. The van der Waals surface area contributed by atoms with Gasteiger partial charge in [-0.2, -0.15) is 0 Å². The molecule has 2 aromatic rings. The molecule has 0 spiro atoms. The highest BCUT2D eigenvalue weighted by Gasteiger charge is 2.11. The number of carbonyl (C=O) groups excluding carboxylic acids is 2. The average Bonchev–Trinajstić information content (AvgIpc) is 2.42. The lowest BCUT2D eigenvalue weighted by atomic mass is 10.2. The first-order chi connectivity index (χ1) is 9.16. The highest BCUT2D eigenvalue weighted by atomic mass is 16.5. The second kappa shape index (κ2) is 5.82. The molecule has 0 saturated carbocycles.